The molecule has 7 heteroatoms. The third kappa shape index (κ3) is 5.92. The van der Waals surface area contributed by atoms with Gasteiger partial charge in [-0.15, -0.1) is 12.4 Å². The van der Waals surface area contributed by atoms with E-state index in [2.05, 4.69) is 32.8 Å². The molecule has 1 saturated heterocycles. The van der Waals surface area contributed by atoms with Gasteiger partial charge in [-0.05, 0) is 40.6 Å². The summed E-state index contributed by atoms with van der Waals surface area (Å²) >= 11 is 2.21. The summed E-state index contributed by atoms with van der Waals surface area (Å²) in [6, 6.07) is 7.58. The molecule has 120 valence electrons. The summed E-state index contributed by atoms with van der Waals surface area (Å²) in [5.41, 5.74) is 1.01. The Morgan fingerprint density at radius 3 is 2.38 bits per heavy atom. The van der Waals surface area contributed by atoms with Crippen molar-refractivity contribution < 1.29 is 13.2 Å². The molecule has 0 unspecified atom stereocenters. The number of alkyl halides is 3. The standard InChI is InChI=1S/C14H18F3IN2.ClH/c15-14(16,17)6-5-13(20-9-7-19-8-10-20)11-3-1-2-4-12(11)18;/h1-4,13,19H,5-10H2;1H/t13-;/m1./s1. The lowest BCUT2D eigenvalue weighted by Crippen LogP contribution is -2.45. The SMILES string of the molecule is Cl.FC(F)(F)CC[C@H](c1ccccc1I)N1CCNCC1. The van der Waals surface area contributed by atoms with Crippen LogP contribution in [0.1, 0.15) is 24.4 Å². The maximum Gasteiger partial charge on any atom is 0.389 e. The van der Waals surface area contributed by atoms with Gasteiger partial charge in [-0.1, -0.05) is 18.2 Å². The number of hydrogen-bond acceptors (Lipinski definition) is 2. The minimum atomic E-state index is -4.09. The van der Waals surface area contributed by atoms with Crippen LogP contribution in [0, 0.1) is 3.57 Å². The monoisotopic (exact) mass is 434 g/mol. The molecule has 2 rings (SSSR count). The lowest BCUT2D eigenvalue weighted by Gasteiger charge is -2.36. The van der Waals surface area contributed by atoms with Gasteiger partial charge < -0.3 is 5.32 Å². The van der Waals surface area contributed by atoms with Crippen LogP contribution in [0.3, 0.4) is 0 Å². The van der Waals surface area contributed by atoms with Crippen molar-refractivity contribution in [2.24, 2.45) is 0 Å². The molecule has 1 fully saturated rings. The predicted molar refractivity (Wildman–Crippen MR) is 88.9 cm³/mol. The number of piperazine rings is 1. The molecule has 0 aliphatic carbocycles. The Kier molecular flexibility index (Phi) is 7.73. The van der Waals surface area contributed by atoms with Crippen molar-refractivity contribution in [2.75, 3.05) is 26.2 Å². The van der Waals surface area contributed by atoms with Crippen LogP contribution in [0.15, 0.2) is 24.3 Å². The molecule has 1 aromatic carbocycles. The number of nitrogens with one attached hydrogen (secondary N) is 1. The fourth-order valence-electron chi connectivity index (χ4n) is 2.57. The second-order valence-electron chi connectivity index (χ2n) is 4.98. The van der Waals surface area contributed by atoms with Gasteiger partial charge in [0.1, 0.15) is 0 Å². The van der Waals surface area contributed by atoms with E-state index in [9.17, 15) is 13.2 Å². The number of hydrogen-bond donors (Lipinski definition) is 1. The molecule has 1 heterocycles. The maximum atomic E-state index is 12.6. The van der Waals surface area contributed by atoms with Crippen molar-refractivity contribution in [1.29, 1.82) is 0 Å². The summed E-state index contributed by atoms with van der Waals surface area (Å²) in [6.07, 6.45) is -4.69. The molecular weight excluding hydrogens is 416 g/mol. The van der Waals surface area contributed by atoms with E-state index in [0.29, 0.717) is 0 Å². The van der Waals surface area contributed by atoms with Gasteiger partial charge in [0.2, 0.25) is 0 Å². The van der Waals surface area contributed by atoms with Crippen LogP contribution in [-0.2, 0) is 0 Å². The first-order chi connectivity index (χ1) is 9.47. The van der Waals surface area contributed by atoms with Gasteiger partial charge in [-0.3, -0.25) is 4.90 Å². The molecule has 0 amide bonds. The second kappa shape index (κ2) is 8.55. The molecule has 0 bridgehead atoms. The van der Waals surface area contributed by atoms with E-state index >= 15 is 0 Å². The van der Waals surface area contributed by atoms with Crippen molar-refractivity contribution in [2.45, 2.75) is 25.1 Å². The largest absolute Gasteiger partial charge is 0.389 e. The Bertz CT molecular complexity index is 436. The maximum absolute atomic E-state index is 12.6. The van der Waals surface area contributed by atoms with Crippen LogP contribution in [0.25, 0.3) is 0 Å². The van der Waals surface area contributed by atoms with Crippen LogP contribution >= 0.6 is 35.0 Å². The number of benzene rings is 1. The predicted octanol–water partition coefficient (Wildman–Crippen LogP) is 4.00. The van der Waals surface area contributed by atoms with Crippen LogP contribution < -0.4 is 5.32 Å². The Balaban J connectivity index is 0.00000220. The van der Waals surface area contributed by atoms with Crippen LogP contribution in [-0.4, -0.2) is 37.3 Å². The lowest BCUT2D eigenvalue weighted by molar-refractivity contribution is -0.138. The molecular formula is C14H19ClF3IN2. The van der Waals surface area contributed by atoms with E-state index in [0.717, 1.165) is 35.3 Å². The highest BCUT2D eigenvalue weighted by Gasteiger charge is 2.31. The van der Waals surface area contributed by atoms with Crippen LogP contribution in [0.4, 0.5) is 13.2 Å². The fourth-order valence-corrected chi connectivity index (χ4v) is 3.32. The Morgan fingerprint density at radius 2 is 1.81 bits per heavy atom. The molecule has 0 aromatic heterocycles. The highest BCUT2D eigenvalue weighted by Crippen LogP contribution is 2.33. The molecule has 2 nitrogen and oxygen atoms in total. The summed E-state index contributed by atoms with van der Waals surface area (Å²) in [6.45, 7) is 3.28. The zero-order valence-corrected chi connectivity index (χ0v) is 14.5. The molecule has 21 heavy (non-hydrogen) atoms. The van der Waals surface area contributed by atoms with Gasteiger partial charge in [-0.25, -0.2) is 0 Å². The molecule has 0 saturated carbocycles. The first kappa shape index (κ1) is 19.0. The van der Waals surface area contributed by atoms with Gasteiger partial charge in [0.05, 0.1) is 0 Å². The van der Waals surface area contributed by atoms with E-state index in [4.69, 9.17) is 0 Å². The van der Waals surface area contributed by atoms with Crippen molar-refractivity contribution in [3.8, 4) is 0 Å². The van der Waals surface area contributed by atoms with Gasteiger partial charge >= 0.3 is 6.18 Å². The average molecular weight is 435 g/mol. The number of nitrogens with zero attached hydrogens (tertiary/aromatic N) is 1. The third-order valence-corrected chi connectivity index (χ3v) is 4.54. The zero-order valence-electron chi connectivity index (χ0n) is 11.5. The van der Waals surface area contributed by atoms with E-state index < -0.39 is 12.6 Å². The Hall–Kier alpha value is -0.0500. The van der Waals surface area contributed by atoms with Crippen LogP contribution in [0.5, 0.6) is 0 Å². The summed E-state index contributed by atoms with van der Waals surface area (Å²) < 4.78 is 38.7. The molecule has 1 aliphatic heterocycles. The summed E-state index contributed by atoms with van der Waals surface area (Å²) in [5, 5.41) is 3.24. The molecule has 1 aromatic rings. The second-order valence-corrected chi connectivity index (χ2v) is 6.14. The minimum Gasteiger partial charge on any atom is -0.314 e. The van der Waals surface area contributed by atoms with E-state index in [-0.39, 0.29) is 24.9 Å². The van der Waals surface area contributed by atoms with Gasteiger partial charge in [-0.2, -0.15) is 13.2 Å². The highest BCUT2D eigenvalue weighted by molar-refractivity contribution is 14.1. The van der Waals surface area contributed by atoms with E-state index in [1.807, 2.05) is 24.3 Å². The van der Waals surface area contributed by atoms with Gasteiger partial charge in [0, 0.05) is 42.2 Å². The quantitative estimate of drug-likeness (QED) is 0.721. The highest BCUT2D eigenvalue weighted by atomic mass is 127. The summed E-state index contributed by atoms with van der Waals surface area (Å²) in [5.74, 6) is 0. The Labute approximate surface area is 143 Å². The molecule has 1 atom stereocenters. The van der Waals surface area contributed by atoms with Crippen molar-refractivity contribution in [3.05, 3.63) is 33.4 Å². The summed E-state index contributed by atoms with van der Waals surface area (Å²) in [4.78, 5) is 2.17. The zero-order chi connectivity index (χ0) is 14.6. The minimum absolute atomic E-state index is 0. The first-order valence-corrected chi connectivity index (χ1v) is 7.81. The molecule has 1 aliphatic rings. The van der Waals surface area contributed by atoms with Crippen molar-refractivity contribution in [1.82, 2.24) is 10.2 Å². The lowest BCUT2D eigenvalue weighted by atomic mass is 9.99. The van der Waals surface area contributed by atoms with Gasteiger partial charge in [0.25, 0.3) is 0 Å². The van der Waals surface area contributed by atoms with Crippen molar-refractivity contribution >= 4 is 35.0 Å². The van der Waals surface area contributed by atoms with Crippen molar-refractivity contribution in [3.63, 3.8) is 0 Å². The average Bonchev–Trinajstić information content (AvgIpc) is 2.41. The topological polar surface area (TPSA) is 15.3 Å². The third-order valence-electron chi connectivity index (χ3n) is 3.56. The normalized spacial score (nSPS) is 18.1. The molecule has 1 N–H and O–H groups in total. The van der Waals surface area contributed by atoms with Gasteiger partial charge in [0.15, 0.2) is 0 Å². The molecule has 0 spiro atoms. The molecule has 0 radical (unpaired) electrons. The smallest absolute Gasteiger partial charge is 0.314 e. The summed E-state index contributed by atoms with van der Waals surface area (Å²) in [7, 11) is 0. The van der Waals surface area contributed by atoms with Crippen LogP contribution in [0.2, 0.25) is 0 Å². The number of rotatable bonds is 4. The Morgan fingerprint density at radius 1 is 1.19 bits per heavy atom. The van der Waals surface area contributed by atoms with E-state index in [1.165, 1.54) is 0 Å². The van der Waals surface area contributed by atoms with E-state index in [1.54, 1.807) is 0 Å². The first-order valence-electron chi connectivity index (χ1n) is 6.73. The fraction of sp³-hybridized carbons (Fsp3) is 0.571. The number of halogens is 5.